The lowest BCUT2D eigenvalue weighted by Crippen LogP contribution is -1.97. The Morgan fingerprint density at radius 2 is 1.89 bits per heavy atom. The molecule has 0 fully saturated rings. The number of aromatic nitrogens is 3. The number of nitrogens with one attached hydrogen (secondary N) is 1. The van der Waals surface area contributed by atoms with E-state index in [0.29, 0.717) is 6.61 Å². The summed E-state index contributed by atoms with van der Waals surface area (Å²) in [6.45, 7) is 4.48. The summed E-state index contributed by atoms with van der Waals surface area (Å²) in [6.07, 6.45) is 1.81. The lowest BCUT2D eigenvalue weighted by atomic mass is 10.2. The topological polar surface area (TPSA) is 50.8 Å². The van der Waals surface area contributed by atoms with Gasteiger partial charge < -0.3 is 9.72 Å². The van der Waals surface area contributed by atoms with Gasteiger partial charge in [0.2, 0.25) is 0 Å². The van der Waals surface area contributed by atoms with E-state index in [1.54, 1.807) is 0 Å². The largest absolute Gasteiger partial charge is 0.486 e. The Hall–Kier alpha value is -2.36. The zero-order valence-corrected chi connectivity index (χ0v) is 11.0. The number of benzene rings is 1. The van der Waals surface area contributed by atoms with Gasteiger partial charge in [0, 0.05) is 6.20 Å². The predicted octanol–water partition coefficient (Wildman–Crippen LogP) is 3.15. The summed E-state index contributed by atoms with van der Waals surface area (Å²) in [5, 5.41) is 0. The molecule has 0 aliphatic carbocycles. The second-order valence-corrected chi connectivity index (χ2v) is 4.67. The van der Waals surface area contributed by atoms with Gasteiger partial charge in [0.15, 0.2) is 5.65 Å². The van der Waals surface area contributed by atoms with Crippen LogP contribution < -0.4 is 4.74 Å². The zero-order chi connectivity index (χ0) is 13.2. The van der Waals surface area contributed by atoms with Crippen molar-refractivity contribution in [2.75, 3.05) is 0 Å². The van der Waals surface area contributed by atoms with Gasteiger partial charge in [-0.3, -0.25) is 0 Å². The molecule has 0 radical (unpaired) electrons. The number of hydrogen-bond acceptors (Lipinski definition) is 3. The summed E-state index contributed by atoms with van der Waals surface area (Å²) in [6, 6.07) is 10.0. The van der Waals surface area contributed by atoms with Crippen molar-refractivity contribution >= 4 is 11.2 Å². The number of nitrogens with zero attached hydrogens (tertiary/aromatic N) is 2. The van der Waals surface area contributed by atoms with Crippen LogP contribution in [0.25, 0.3) is 11.2 Å². The van der Waals surface area contributed by atoms with E-state index in [1.807, 2.05) is 43.5 Å². The van der Waals surface area contributed by atoms with Gasteiger partial charge in [0.1, 0.15) is 18.2 Å². The first-order valence-corrected chi connectivity index (χ1v) is 6.21. The van der Waals surface area contributed by atoms with Crippen LogP contribution in [0, 0.1) is 13.8 Å². The van der Waals surface area contributed by atoms with Crippen LogP contribution in [0.2, 0.25) is 0 Å². The maximum atomic E-state index is 5.69. The number of H-pyrrole nitrogens is 1. The number of aryl methyl sites for hydroxylation is 2. The Balaban J connectivity index is 1.76. The Labute approximate surface area is 111 Å². The fraction of sp³-hybridized carbons (Fsp3) is 0.200. The van der Waals surface area contributed by atoms with E-state index in [0.717, 1.165) is 28.3 Å². The molecule has 4 heteroatoms. The molecule has 0 unspecified atom stereocenters. The highest BCUT2D eigenvalue weighted by molar-refractivity contribution is 5.70. The number of imidazole rings is 1. The van der Waals surface area contributed by atoms with Gasteiger partial charge in [-0.25, -0.2) is 9.97 Å². The lowest BCUT2D eigenvalue weighted by Gasteiger charge is -2.03. The fourth-order valence-corrected chi connectivity index (χ4v) is 1.91. The van der Waals surface area contributed by atoms with Gasteiger partial charge in [-0.2, -0.15) is 0 Å². The van der Waals surface area contributed by atoms with Gasteiger partial charge in [-0.05, 0) is 37.6 Å². The molecule has 2 heterocycles. The van der Waals surface area contributed by atoms with Gasteiger partial charge in [0.05, 0.1) is 5.52 Å². The van der Waals surface area contributed by atoms with Crippen LogP contribution in [0.15, 0.2) is 36.5 Å². The molecule has 0 saturated heterocycles. The summed E-state index contributed by atoms with van der Waals surface area (Å²) in [5.41, 5.74) is 4.01. The molecular formula is C15H15N3O. The summed E-state index contributed by atoms with van der Waals surface area (Å²) < 4.78 is 5.69. The van der Waals surface area contributed by atoms with Crippen LogP contribution in [0.5, 0.6) is 5.75 Å². The fourth-order valence-electron chi connectivity index (χ4n) is 1.91. The molecule has 3 rings (SSSR count). The van der Waals surface area contributed by atoms with E-state index in [4.69, 9.17) is 4.74 Å². The SMILES string of the molecule is Cc1ccc(OCc2nc3ncc(C)cc3[nH]2)cc1. The molecule has 0 atom stereocenters. The Morgan fingerprint density at radius 1 is 1.11 bits per heavy atom. The molecule has 2 aromatic heterocycles. The van der Waals surface area contributed by atoms with E-state index in [1.165, 1.54) is 5.56 Å². The molecule has 0 aliphatic rings. The first-order valence-electron chi connectivity index (χ1n) is 6.21. The van der Waals surface area contributed by atoms with Crippen LogP contribution in [0.1, 0.15) is 17.0 Å². The molecule has 0 aliphatic heterocycles. The van der Waals surface area contributed by atoms with Crippen molar-refractivity contribution in [2.45, 2.75) is 20.5 Å². The summed E-state index contributed by atoms with van der Waals surface area (Å²) >= 11 is 0. The van der Waals surface area contributed by atoms with Crippen molar-refractivity contribution in [3.8, 4) is 5.75 Å². The number of fused-ring (bicyclic) bond motifs is 1. The van der Waals surface area contributed by atoms with E-state index in [-0.39, 0.29) is 0 Å². The normalized spacial score (nSPS) is 10.8. The predicted molar refractivity (Wildman–Crippen MR) is 74.1 cm³/mol. The molecule has 0 saturated carbocycles. The summed E-state index contributed by atoms with van der Waals surface area (Å²) in [5.74, 6) is 1.63. The van der Waals surface area contributed by atoms with Crippen LogP contribution in [-0.4, -0.2) is 15.0 Å². The van der Waals surface area contributed by atoms with E-state index in [2.05, 4.69) is 21.9 Å². The highest BCUT2D eigenvalue weighted by Gasteiger charge is 2.04. The summed E-state index contributed by atoms with van der Waals surface area (Å²) in [4.78, 5) is 11.9. The van der Waals surface area contributed by atoms with Gasteiger partial charge in [-0.1, -0.05) is 17.7 Å². The van der Waals surface area contributed by atoms with Crippen molar-refractivity contribution in [1.29, 1.82) is 0 Å². The Kier molecular flexibility index (Phi) is 2.91. The summed E-state index contributed by atoms with van der Waals surface area (Å²) in [7, 11) is 0. The quantitative estimate of drug-likeness (QED) is 0.780. The van der Waals surface area contributed by atoms with E-state index >= 15 is 0 Å². The number of pyridine rings is 1. The average molecular weight is 253 g/mol. The first kappa shape index (κ1) is 11.7. The Bertz CT molecular complexity index is 701. The van der Waals surface area contributed by atoms with Crippen molar-refractivity contribution in [2.24, 2.45) is 0 Å². The molecule has 0 amide bonds. The van der Waals surface area contributed by atoms with Crippen LogP contribution in [0.3, 0.4) is 0 Å². The minimum atomic E-state index is 0.415. The molecule has 3 aromatic rings. The molecular weight excluding hydrogens is 238 g/mol. The maximum absolute atomic E-state index is 5.69. The second kappa shape index (κ2) is 4.72. The first-order chi connectivity index (χ1) is 9.20. The average Bonchev–Trinajstić information content (AvgIpc) is 2.80. The number of ether oxygens (including phenoxy) is 1. The van der Waals surface area contributed by atoms with Crippen LogP contribution in [0.4, 0.5) is 0 Å². The molecule has 1 N–H and O–H groups in total. The minimum absolute atomic E-state index is 0.415. The molecule has 19 heavy (non-hydrogen) atoms. The number of rotatable bonds is 3. The van der Waals surface area contributed by atoms with Gasteiger partial charge in [-0.15, -0.1) is 0 Å². The standard InChI is InChI=1S/C15H15N3O/c1-10-3-5-12(6-4-10)19-9-14-17-13-7-11(2)8-16-15(13)18-14/h3-8H,9H2,1-2H3,(H,16,17,18). The van der Waals surface area contributed by atoms with Crippen LogP contribution in [-0.2, 0) is 6.61 Å². The smallest absolute Gasteiger partial charge is 0.177 e. The van der Waals surface area contributed by atoms with Crippen molar-refractivity contribution < 1.29 is 4.74 Å². The third-order valence-electron chi connectivity index (χ3n) is 2.92. The third-order valence-corrected chi connectivity index (χ3v) is 2.92. The van der Waals surface area contributed by atoms with E-state index in [9.17, 15) is 0 Å². The number of aromatic amines is 1. The molecule has 96 valence electrons. The molecule has 1 aromatic carbocycles. The van der Waals surface area contributed by atoms with Crippen molar-refractivity contribution in [3.63, 3.8) is 0 Å². The van der Waals surface area contributed by atoms with Crippen LogP contribution >= 0.6 is 0 Å². The van der Waals surface area contributed by atoms with Crippen molar-refractivity contribution in [1.82, 2.24) is 15.0 Å². The minimum Gasteiger partial charge on any atom is -0.486 e. The molecule has 0 spiro atoms. The third kappa shape index (κ3) is 2.57. The molecule has 4 nitrogen and oxygen atoms in total. The lowest BCUT2D eigenvalue weighted by molar-refractivity contribution is 0.297. The van der Waals surface area contributed by atoms with E-state index < -0.39 is 0 Å². The molecule has 0 bridgehead atoms. The second-order valence-electron chi connectivity index (χ2n) is 4.67. The monoisotopic (exact) mass is 253 g/mol. The Morgan fingerprint density at radius 3 is 2.68 bits per heavy atom. The highest BCUT2D eigenvalue weighted by Crippen LogP contribution is 2.15. The maximum Gasteiger partial charge on any atom is 0.177 e. The zero-order valence-electron chi connectivity index (χ0n) is 11.0. The highest BCUT2D eigenvalue weighted by atomic mass is 16.5. The van der Waals surface area contributed by atoms with Gasteiger partial charge >= 0.3 is 0 Å². The number of hydrogen-bond donors (Lipinski definition) is 1. The van der Waals surface area contributed by atoms with Crippen molar-refractivity contribution in [3.05, 3.63) is 53.5 Å². The van der Waals surface area contributed by atoms with Gasteiger partial charge in [0.25, 0.3) is 0 Å².